The molecule has 0 amide bonds. The Morgan fingerprint density at radius 1 is 1.10 bits per heavy atom. The highest BCUT2D eigenvalue weighted by molar-refractivity contribution is 4.86. The summed E-state index contributed by atoms with van der Waals surface area (Å²) in [4.78, 5) is 2.78. The average molecular weight is 280 g/mol. The zero-order valence-corrected chi connectivity index (χ0v) is 14.0. The van der Waals surface area contributed by atoms with E-state index in [2.05, 4.69) is 31.0 Å². The van der Waals surface area contributed by atoms with Crippen molar-refractivity contribution in [1.82, 2.24) is 10.2 Å². The maximum atomic E-state index is 3.87. The Labute approximate surface area is 126 Å². The summed E-state index contributed by atoms with van der Waals surface area (Å²) in [6.07, 6.45) is 11.4. The van der Waals surface area contributed by atoms with Crippen LogP contribution in [0, 0.1) is 11.8 Å². The molecule has 0 spiro atoms. The van der Waals surface area contributed by atoms with Gasteiger partial charge in [0, 0.05) is 18.6 Å². The first kappa shape index (κ1) is 16.3. The van der Waals surface area contributed by atoms with Crippen LogP contribution >= 0.6 is 0 Å². The van der Waals surface area contributed by atoms with Crippen LogP contribution in [0.3, 0.4) is 0 Å². The van der Waals surface area contributed by atoms with Gasteiger partial charge in [-0.2, -0.15) is 0 Å². The van der Waals surface area contributed by atoms with E-state index in [1.165, 1.54) is 71.0 Å². The molecule has 2 aliphatic rings. The summed E-state index contributed by atoms with van der Waals surface area (Å²) in [6.45, 7) is 11.0. The van der Waals surface area contributed by atoms with Crippen molar-refractivity contribution in [2.45, 2.75) is 84.2 Å². The molecule has 0 aromatic heterocycles. The second-order valence-electron chi connectivity index (χ2n) is 7.63. The van der Waals surface area contributed by atoms with Gasteiger partial charge in [0.1, 0.15) is 0 Å². The van der Waals surface area contributed by atoms with Gasteiger partial charge < -0.3 is 5.32 Å². The number of nitrogens with zero attached hydrogens (tertiary/aromatic N) is 1. The molecule has 0 radical (unpaired) electrons. The normalized spacial score (nSPS) is 30.6. The van der Waals surface area contributed by atoms with Crippen molar-refractivity contribution in [3.63, 3.8) is 0 Å². The first-order valence-electron chi connectivity index (χ1n) is 9.14. The fourth-order valence-corrected chi connectivity index (χ4v) is 4.02. The van der Waals surface area contributed by atoms with Crippen LogP contribution in [0.4, 0.5) is 0 Å². The maximum absolute atomic E-state index is 3.87. The van der Waals surface area contributed by atoms with Crippen LogP contribution < -0.4 is 5.32 Å². The van der Waals surface area contributed by atoms with E-state index in [0.29, 0.717) is 0 Å². The number of hydrogen-bond donors (Lipinski definition) is 1. The molecule has 2 fully saturated rings. The Kier molecular flexibility index (Phi) is 6.83. The van der Waals surface area contributed by atoms with E-state index in [1.54, 1.807) is 0 Å². The minimum Gasteiger partial charge on any atom is -0.312 e. The molecule has 1 saturated heterocycles. The lowest BCUT2D eigenvalue weighted by atomic mass is 9.83. The minimum atomic E-state index is 0.763. The summed E-state index contributed by atoms with van der Waals surface area (Å²) >= 11 is 0. The van der Waals surface area contributed by atoms with E-state index in [0.717, 1.165) is 23.9 Å². The van der Waals surface area contributed by atoms with Crippen LogP contribution in [0.1, 0.15) is 72.1 Å². The lowest BCUT2D eigenvalue weighted by molar-refractivity contribution is 0.168. The van der Waals surface area contributed by atoms with Crippen molar-refractivity contribution in [2.24, 2.45) is 11.8 Å². The average Bonchev–Trinajstić information content (AvgIpc) is 2.62. The van der Waals surface area contributed by atoms with Gasteiger partial charge in [-0.1, -0.05) is 33.1 Å². The molecule has 0 aromatic carbocycles. The van der Waals surface area contributed by atoms with E-state index in [4.69, 9.17) is 0 Å². The highest BCUT2D eigenvalue weighted by Crippen LogP contribution is 2.28. The molecular formula is C18H36N2. The van der Waals surface area contributed by atoms with Gasteiger partial charge in [0.15, 0.2) is 0 Å². The molecule has 1 saturated carbocycles. The third kappa shape index (κ3) is 5.04. The molecule has 2 heteroatoms. The summed E-state index contributed by atoms with van der Waals surface area (Å²) in [5.74, 6) is 1.80. The number of rotatable bonds is 5. The van der Waals surface area contributed by atoms with Gasteiger partial charge >= 0.3 is 0 Å². The van der Waals surface area contributed by atoms with Crippen LogP contribution in [-0.2, 0) is 0 Å². The standard InChI is InChI=1S/C18H36N2/c1-15(2)8-7-13-20-14-18(19-12-11-16(20)3)17-9-5-4-6-10-17/h15-19H,4-14H2,1-3H3. The third-order valence-electron chi connectivity index (χ3n) is 5.47. The predicted molar refractivity (Wildman–Crippen MR) is 88.1 cm³/mol. The molecule has 1 aliphatic carbocycles. The second-order valence-corrected chi connectivity index (χ2v) is 7.63. The highest BCUT2D eigenvalue weighted by atomic mass is 15.2. The van der Waals surface area contributed by atoms with Gasteiger partial charge in [0.05, 0.1) is 0 Å². The van der Waals surface area contributed by atoms with Crippen LogP contribution in [0.15, 0.2) is 0 Å². The largest absolute Gasteiger partial charge is 0.312 e. The molecule has 1 N–H and O–H groups in total. The molecule has 2 rings (SSSR count). The Morgan fingerprint density at radius 2 is 1.85 bits per heavy atom. The third-order valence-corrected chi connectivity index (χ3v) is 5.47. The lowest BCUT2D eigenvalue weighted by Crippen LogP contribution is -2.45. The summed E-state index contributed by atoms with van der Waals surface area (Å²) in [5, 5.41) is 3.87. The summed E-state index contributed by atoms with van der Waals surface area (Å²) in [6, 6.07) is 1.53. The van der Waals surface area contributed by atoms with Gasteiger partial charge in [-0.3, -0.25) is 4.90 Å². The van der Waals surface area contributed by atoms with E-state index >= 15 is 0 Å². The fourth-order valence-electron chi connectivity index (χ4n) is 4.02. The zero-order valence-electron chi connectivity index (χ0n) is 14.0. The lowest BCUT2D eigenvalue weighted by Gasteiger charge is -2.34. The highest BCUT2D eigenvalue weighted by Gasteiger charge is 2.28. The van der Waals surface area contributed by atoms with E-state index < -0.39 is 0 Å². The first-order valence-corrected chi connectivity index (χ1v) is 9.14. The Bertz CT molecular complexity index is 258. The molecular weight excluding hydrogens is 244 g/mol. The van der Waals surface area contributed by atoms with Gasteiger partial charge in [0.2, 0.25) is 0 Å². The topological polar surface area (TPSA) is 15.3 Å². The monoisotopic (exact) mass is 280 g/mol. The molecule has 0 bridgehead atoms. The molecule has 20 heavy (non-hydrogen) atoms. The Balaban J connectivity index is 1.84. The van der Waals surface area contributed by atoms with Crippen LogP contribution in [0.2, 0.25) is 0 Å². The van der Waals surface area contributed by atoms with Crippen LogP contribution in [0.5, 0.6) is 0 Å². The summed E-state index contributed by atoms with van der Waals surface area (Å²) in [5.41, 5.74) is 0. The Hall–Kier alpha value is -0.0800. The number of nitrogens with one attached hydrogen (secondary N) is 1. The first-order chi connectivity index (χ1) is 9.66. The van der Waals surface area contributed by atoms with Crippen LogP contribution in [0.25, 0.3) is 0 Å². The smallest absolute Gasteiger partial charge is 0.0223 e. The quantitative estimate of drug-likeness (QED) is 0.817. The fraction of sp³-hybridized carbons (Fsp3) is 1.00. The van der Waals surface area contributed by atoms with Crippen molar-refractivity contribution in [2.75, 3.05) is 19.6 Å². The minimum absolute atomic E-state index is 0.763. The van der Waals surface area contributed by atoms with Gasteiger partial charge in [-0.15, -0.1) is 0 Å². The van der Waals surface area contributed by atoms with E-state index in [1.807, 2.05) is 0 Å². The molecule has 2 atom stereocenters. The van der Waals surface area contributed by atoms with Gasteiger partial charge in [0.25, 0.3) is 0 Å². The van der Waals surface area contributed by atoms with Crippen molar-refractivity contribution < 1.29 is 0 Å². The summed E-state index contributed by atoms with van der Waals surface area (Å²) < 4.78 is 0. The molecule has 1 aliphatic heterocycles. The van der Waals surface area contributed by atoms with E-state index in [-0.39, 0.29) is 0 Å². The predicted octanol–water partition coefficient (Wildman–Crippen LogP) is 4.06. The van der Waals surface area contributed by atoms with Gasteiger partial charge in [-0.05, 0) is 64.0 Å². The molecule has 1 heterocycles. The Morgan fingerprint density at radius 3 is 2.55 bits per heavy atom. The SMILES string of the molecule is CC(C)CCCN1CC(C2CCCCC2)NCCC1C. The second kappa shape index (κ2) is 8.38. The van der Waals surface area contributed by atoms with Crippen molar-refractivity contribution >= 4 is 0 Å². The van der Waals surface area contributed by atoms with Crippen molar-refractivity contribution in [3.05, 3.63) is 0 Å². The zero-order chi connectivity index (χ0) is 14.4. The molecule has 118 valence electrons. The van der Waals surface area contributed by atoms with Crippen molar-refractivity contribution in [1.29, 1.82) is 0 Å². The summed E-state index contributed by atoms with van der Waals surface area (Å²) in [7, 11) is 0. The van der Waals surface area contributed by atoms with E-state index in [9.17, 15) is 0 Å². The molecule has 0 aromatic rings. The molecule has 2 nitrogen and oxygen atoms in total. The maximum Gasteiger partial charge on any atom is 0.0223 e. The van der Waals surface area contributed by atoms with Gasteiger partial charge in [-0.25, -0.2) is 0 Å². The van der Waals surface area contributed by atoms with Crippen LogP contribution in [-0.4, -0.2) is 36.6 Å². The van der Waals surface area contributed by atoms with Crippen molar-refractivity contribution in [3.8, 4) is 0 Å². The number of hydrogen-bond acceptors (Lipinski definition) is 2. The molecule has 2 unspecified atom stereocenters.